The number of rotatable bonds is 5. The van der Waals surface area contributed by atoms with Gasteiger partial charge in [-0.3, -0.25) is 4.79 Å². The molecular formula is C19H16ClN3O. The second-order valence-electron chi connectivity index (χ2n) is 5.23. The van der Waals surface area contributed by atoms with Crippen molar-refractivity contribution in [2.45, 2.75) is 6.54 Å². The van der Waals surface area contributed by atoms with Gasteiger partial charge in [0.05, 0.1) is 12.7 Å². The third kappa shape index (κ3) is 4.33. The van der Waals surface area contributed by atoms with Crippen molar-refractivity contribution in [3.63, 3.8) is 0 Å². The summed E-state index contributed by atoms with van der Waals surface area (Å²) in [6.45, 7) is 0.602. The molecule has 0 saturated carbocycles. The van der Waals surface area contributed by atoms with Crippen LogP contribution in [-0.4, -0.2) is 15.7 Å². The van der Waals surface area contributed by atoms with E-state index in [9.17, 15) is 4.79 Å². The molecule has 1 amide bonds. The second-order valence-corrected chi connectivity index (χ2v) is 5.67. The monoisotopic (exact) mass is 337 g/mol. The number of anilines is 1. The van der Waals surface area contributed by atoms with E-state index in [0.29, 0.717) is 17.4 Å². The summed E-state index contributed by atoms with van der Waals surface area (Å²) in [4.78, 5) is 12.1. The Morgan fingerprint density at radius 3 is 2.58 bits per heavy atom. The molecule has 1 aromatic heterocycles. The Morgan fingerprint density at radius 1 is 1.08 bits per heavy atom. The summed E-state index contributed by atoms with van der Waals surface area (Å²) in [5.74, 6) is 0.448. The third-order valence-electron chi connectivity index (χ3n) is 3.44. The first-order valence-corrected chi connectivity index (χ1v) is 7.89. The van der Waals surface area contributed by atoms with Crippen LogP contribution in [0, 0.1) is 0 Å². The Hall–Kier alpha value is -2.85. The van der Waals surface area contributed by atoms with Crippen LogP contribution in [0.4, 0.5) is 5.82 Å². The van der Waals surface area contributed by atoms with E-state index < -0.39 is 0 Å². The van der Waals surface area contributed by atoms with E-state index in [1.54, 1.807) is 35.2 Å². The number of nitrogens with zero attached hydrogens (tertiary/aromatic N) is 2. The zero-order valence-electron chi connectivity index (χ0n) is 12.9. The lowest BCUT2D eigenvalue weighted by Gasteiger charge is -2.07. The minimum atomic E-state index is -0.209. The Bertz CT molecular complexity index is 839. The number of hydrogen-bond donors (Lipinski definition) is 1. The molecular weight excluding hydrogens is 322 g/mol. The van der Waals surface area contributed by atoms with Crippen molar-refractivity contribution >= 4 is 29.4 Å². The van der Waals surface area contributed by atoms with Crippen LogP contribution in [0.5, 0.6) is 0 Å². The number of amides is 1. The van der Waals surface area contributed by atoms with E-state index in [1.807, 2.05) is 42.5 Å². The predicted octanol–water partition coefficient (Wildman–Crippen LogP) is 4.24. The van der Waals surface area contributed by atoms with Crippen molar-refractivity contribution in [2.75, 3.05) is 5.32 Å². The fraction of sp³-hybridized carbons (Fsp3) is 0.0526. The first-order valence-electron chi connectivity index (χ1n) is 7.51. The largest absolute Gasteiger partial charge is 0.307 e. The fourth-order valence-corrected chi connectivity index (χ4v) is 2.36. The lowest BCUT2D eigenvalue weighted by molar-refractivity contribution is -0.111. The number of benzene rings is 2. The molecule has 0 spiro atoms. The van der Waals surface area contributed by atoms with Crippen molar-refractivity contribution in [3.05, 3.63) is 89.1 Å². The molecule has 0 aliphatic heterocycles. The molecule has 0 atom stereocenters. The maximum atomic E-state index is 12.1. The van der Waals surface area contributed by atoms with Crippen molar-refractivity contribution in [2.24, 2.45) is 0 Å². The van der Waals surface area contributed by atoms with Gasteiger partial charge in [0, 0.05) is 17.2 Å². The third-order valence-corrected chi connectivity index (χ3v) is 3.69. The van der Waals surface area contributed by atoms with Crippen LogP contribution in [0.15, 0.2) is 72.9 Å². The number of hydrogen-bond acceptors (Lipinski definition) is 2. The summed E-state index contributed by atoms with van der Waals surface area (Å²) in [7, 11) is 0. The minimum Gasteiger partial charge on any atom is -0.307 e. The Labute approximate surface area is 145 Å². The van der Waals surface area contributed by atoms with E-state index in [0.717, 1.165) is 11.1 Å². The van der Waals surface area contributed by atoms with Gasteiger partial charge >= 0.3 is 0 Å². The zero-order chi connectivity index (χ0) is 16.8. The summed E-state index contributed by atoms with van der Waals surface area (Å²) < 4.78 is 1.75. The molecule has 1 heterocycles. The Kier molecular flexibility index (Phi) is 5.08. The molecule has 5 heteroatoms. The minimum absolute atomic E-state index is 0.209. The smallest absolute Gasteiger partial charge is 0.249 e. The molecule has 0 unspecified atom stereocenters. The van der Waals surface area contributed by atoms with Gasteiger partial charge in [-0.15, -0.1) is 0 Å². The number of carbonyl (C=O) groups excluding carboxylic acids is 1. The van der Waals surface area contributed by atoms with E-state index in [2.05, 4.69) is 10.4 Å². The Balaban J connectivity index is 1.65. The van der Waals surface area contributed by atoms with E-state index in [-0.39, 0.29) is 5.91 Å². The Morgan fingerprint density at radius 2 is 1.83 bits per heavy atom. The number of carbonyl (C=O) groups is 1. The number of aromatic nitrogens is 2. The zero-order valence-corrected chi connectivity index (χ0v) is 13.6. The lowest BCUT2D eigenvalue weighted by Crippen LogP contribution is -2.13. The van der Waals surface area contributed by atoms with Gasteiger partial charge in [-0.25, -0.2) is 4.68 Å². The number of halogens is 1. The second kappa shape index (κ2) is 7.62. The summed E-state index contributed by atoms with van der Waals surface area (Å²) in [5.41, 5.74) is 2.03. The lowest BCUT2D eigenvalue weighted by atomic mass is 10.2. The fourth-order valence-electron chi connectivity index (χ4n) is 2.23. The van der Waals surface area contributed by atoms with Crippen molar-refractivity contribution < 1.29 is 4.79 Å². The highest BCUT2D eigenvalue weighted by Crippen LogP contribution is 2.12. The van der Waals surface area contributed by atoms with Crippen LogP contribution in [-0.2, 0) is 11.3 Å². The van der Waals surface area contributed by atoms with E-state index in [4.69, 9.17) is 11.6 Å². The van der Waals surface area contributed by atoms with Crippen LogP contribution in [0.3, 0.4) is 0 Å². The predicted molar refractivity (Wildman–Crippen MR) is 96.9 cm³/mol. The standard InChI is InChI=1S/C19H16ClN3O/c20-17-9-6-15(7-10-17)8-11-19(24)22-18-12-13-21-23(18)14-16-4-2-1-3-5-16/h1-13H,14H2,(H,22,24)/b11-8+. The quantitative estimate of drug-likeness (QED) is 0.708. The summed E-state index contributed by atoms with van der Waals surface area (Å²) in [6.07, 6.45) is 4.90. The van der Waals surface area contributed by atoms with Gasteiger partial charge in [-0.2, -0.15) is 5.10 Å². The average molecular weight is 338 g/mol. The summed E-state index contributed by atoms with van der Waals surface area (Å²) >= 11 is 5.84. The van der Waals surface area contributed by atoms with Crippen molar-refractivity contribution in [3.8, 4) is 0 Å². The highest BCUT2D eigenvalue weighted by atomic mass is 35.5. The van der Waals surface area contributed by atoms with Gasteiger partial charge in [-0.05, 0) is 29.3 Å². The highest BCUT2D eigenvalue weighted by molar-refractivity contribution is 6.30. The van der Waals surface area contributed by atoms with Gasteiger partial charge in [0.25, 0.3) is 0 Å². The van der Waals surface area contributed by atoms with Gasteiger partial charge in [0.1, 0.15) is 5.82 Å². The van der Waals surface area contributed by atoms with Gasteiger partial charge in [0.15, 0.2) is 0 Å². The van der Waals surface area contributed by atoms with E-state index in [1.165, 1.54) is 6.08 Å². The topological polar surface area (TPSA) is 46.9 Å². The maximum absolute atomic E-state index is 12.1. The first-order chi connectivity index (χ1) is 11.7. The highest BCUT2D eigenvalue weighted by Gasteiger charge is 2.05. The molecule has 0 saturated heterocycles. The molecule has 0 radical (unpaired) electrons. The van der Waals surface area contributed by atoms with Crippen LogP contribution in [0.1, 0.15) is 11.1 Å². The maximum Gasteiger partial charge on any atom is 0.249 e. The molecule has 3 rings (SSSR count). The van der Waals surface area contributed by atoms with E-state index >= 15 is 0 Å². The van der Waals surface area contributed by atoms with Crippen LogP contribution in [0.2, 0.25) is 5.02 Å². The molecule has 4 nitrogen and oxygen atoms in total. The summed E-state index contributed by atoms with van der Waals surface area (Å²) in [5, 5.41) is 7.76. The molecule has 3 aromatic rings. The molecule has 2 aromatic carbocycles. The molecule has 0 fully saturated rings. The van der Waals surface area contributed by atoms with Gasteiger partial charge < -0.3 is 5.32 Å². The average Bonchev–Trinajstić information content (AvgIpc) is 3.02. The first kappa shape index (κ1) is 16.0. The number of nitrogens with one attached hydrogen (secondary N) is 1. The van der Waals surface area contributed by atoms with Crippen molar-refractivity contribution in [1.29, 1.82) is 0 Å². The van der Waals surface area contributed by atoms with Crippen LogP contribution >= 0.6 is 11.6 Å². The van der Waals surface area contributed by atoms with Crippen LogP contribution < -0.4 is 5.32 Å². The molecule has 24 heavy (non-hydrogen) atoms. The van der Waals surface area contributed by atoms with Gasteiger partial charge in [-0.1, -0.05) is 54.1 Å². The molecule has 0 aliphatic carbocycles. The molecule has 0 aliphatic rings. The van der Waals surface area contributed by atoms with Crippen molar-refractivity contribution in [1.82, 2.24) is 9.78 Å². The molecule has 1 N–H and O–H groups in total. The SMILES string of the molecule is O=C(/C=C/c1ccc(Cl)cc1)Nc1ccnn1Cc1ccccc1. The molecule has 120 valence electrons. The normalized spacial score (nSPS) is 10.9. The molecule has 0 bridgehead atoms. The van der Waals surface area contributed by atoms with Crippen LogP contribution in [0.25, 0.3) is 6.08 Å². The summed E-state index contributed by atoms with van der Waals surface area (Å²) in [6, 6.07) is 19.0. The van der Waals surface area contributed by atoms with Gasteiger partial charge in [0.2, 0.25) is 5.91 Å².